The van der Waals surface area contributed by atoms with E-state index in [2.05, 4.69) is 4.98 Å². The van der Waals surface area contributed by atoms with Crippen molar-refractivity contribution in [2.24, 2.45) is 0 Å². The SMILES string of the molecule is Cc1cccc2c([C@@H](C[N+](=O)[O-])c3ccccc3)c[nH]c12. The van der Waals surface area contributed by atoms with Crippen LogP contribution in [0, 0.1) is 17.0 Å². The van der Waals surface area contributed by atoms with Crippen LogP contribution in [0.5, 0.6) is 0 Å². The summed E-state index contributed by atoms with van der Waals surface area (Å²) >= 11 is 0. The Morgan fingerprint density at radius 1 is 1.14 bits per heavy atom. The largest absolute Gasteiger partial charge is 0.361 e. The van der Waals surface area contributed by atoms with Crippen molar-refractivity contribution in [2.45, 2.75) is 12.8 Å². The number of aromatic amines is 1. The highest BCUT2D eigenvalue weighted by molar-refractivity contribution is 5.86. The molecule has 0 saturated carbocycles. The smallest absolute Gasteiger partial charge is 0.214 e. The van der Waals surface area contributed by atoms with E-state index in [0.29, 0.717) is 0 Å². The lowest BCUT2D eigenvalue weighted by Gasteiger charge is -2.13. The predicted molar refractivity (Wildman–Crippen MR) is 83.2 cm³/mol. The van der Waals surface area contributed by atoms with Gasteiger partial charge in [0.1, 0.15) is 0 Å². The second kappa shape index (κ2) is 5.40. The molecule has 2 aromatic carbocycles. The summed E-state index contributed by atoms with van der Waals surface area (Å²) in [6, 6.07) is 15.7. The maximum Gasteiger partial charge on any atom is 0.214 e. The van der Waals surface area contributed by atoms with E-state index in [-0.39, 0.29) is 17.4 Å². The van der Waals surface area contributed by atoms with Crippen LogP contribution in [0.15, 0.2) is 54.7 Å². The Morgan fingerprint density at radius 2 is 1.90 bits per heavy atom. The fraction of sp³-hybridized carbons (Fsp3) is 0.176. The molecule has 3 aromatic rings. The van der Waals surface area contributed by atoms with Gasteiger partial charge >= 0.3 is 0 Å². The molecule has 0 aliphatic heterocycles. The van der Waals surface area contributed by atoms with Crippen molar-refractivity contribution in [1.82, 2.24) is 4.98 Å². The molecule has 0 fully saturated rings. The topological polar surface area (TPSA) is 58.9 Å². The maximum atomic E-state index is 11.1. The van der Waals surface area contributed by atoms with Crippen molar-refractivity contribution in [3.05, 3.63) is 81.5 Å². The van der Waals surface area contributed by atoms with Gasteiger partial charge in [-0.2, -0.15) is 0 Å². The number of aromatic nitrogens is 1. The van der Waals surface area contributed by atoms with E-state index in [0.717, 1.165) is 27.6 Å². The number of rotatable bonds is 4. The Kier molecular flexibility index (Phi) is 3.44. The normalized spacial score (nSPS) is 12.4. The molecule has 1 aromatic heterocycles. The highest BCUT2D eigenvalue weighted by Gasteiger charge is 2.23. The van der Waals surface area contributed by atoms with Crippen LogP contribution in [0.2, 0.25) is 0 Å². The molecule has 1 atom stereocenters. The summed E-state index contributed by atoms with van der Waals surface area (Å²) < 4.78 is 0. The summed E-state index contributed by atoms with van der Waals surface area (Å²) in [5.74, 6) is -0.239. The molecule has 3 rings (SSSR count). The first-order valence-corrected chi connectivity index (χ1v) is 6.90. The van der Waals surface area contributed by atoms with Gasteiger partial charge in [-0.15, -0.1) is 0 Å². The summed E-state index contributed by atoms with van der Waals surface area (Å²) in [4.78, 5) is 14.1. The van der Waals surface area contributed by atoms with Crippen molar-refractivity contribution in [3.8, 4) is 0 Å². The summed E-state index contributed by atoms with van der Waals surface area (Å²) in [5, 5.41) is 12.1. The first kappa shape index (κ1) is 13.4. The molecule has 0 aliphatic carbocycles. The first-order chi connectivity index (χ1) is 10.2. The van der Waals surface area contributed by atoms with Gasteiger partial charge in [-0.25, -0.2) is 0 Å². The molecule has 0 saturated heterocycles. The number of hydrogen-bond acceptors (Lipinski definition) is 2. The molecule has 0 spiro atoms. The summed E-state index contributed by atoms with van der Waals surface area (Å²) in [5.41, 5.74) is 4.15. The molecule has 0 bridgehead atoms. The van der Waals surface area contributed by atoms with Crippen molar-refractivity contribution < 1.29 is 4.92 Å². The number of para-hydroxylation sites is 1. The summed E-state index contributed by atoms with van der Waals surface area (Å²) in [6.45, 7) is 1.93. The summed E-state index contributed by atoms with van der Waals surface area (Å²) in [6.07, 6.45) is 1.90. The van der Waals surface area contributed by atoms with Gasteiger partial charge < -0.3 is 4.98 Å². The minimum atomic E-state index is -0.244. The van der Waals surface area contributed by atoms with E-state index in [1.807, 2.05) is 61.7 Å². The van der Waals surface area contributed by atoms with Crippen LogP contribution >= 0.6 is 0 Å². The van der Waals surface area contributed by atoms with Gasteiger partial charge in [0, 0.05) is 22.0 Å². The maximum absolute atomic E-state index is 11.1. The van der Waals surface area contributed by atoms with Crippen LogP contribution in [0.3, 0.4) is 0 Å². The molecular formula is C17H16N2O2. The van der Waals surface area contributed by atoms with E-state index < -0.39 is 0 Å². The number of nitrogens with zero attached hydrogens (tertiary/aromatic N) is 1. The third-order valence-corrected chi connectivity index (χ3v) is 3.86. The third kappa shape index (κ3) is 2.52. The van der Waals surface area contributed by atoms with Gasteiger partial charge in [0.2, 0.25) is 6.54 Å². The molecule has 106 valence electrons. The number of fused-ring (bicyclic) bond motifs is 1. The van der Waals surface area contributed by atoms with Gasteiger partial charge in [-0.1, -0.05) is 48.5 Å². The first-order valence-electron chi connectivity index (χ1n) is 6.90. The Morgan fingerprint density at radius 3 is 2.62 bits per heavy atom. The van der Waals surface area contributed by atoms with E-state index in [1.54, 1.807) is 0 Å². The van der Waals surface area contributed by atoms with Gasteiger partial charge in [0.25, 0.3) is 0 Å². The lowest BCUT2D eigenvalue weighted by molar-refractivity contribution is -0.481. The summed E-state index contributed by atoms with van der Waals surface area (Å²) in [7, 11) is 0. The van der Waals surface area contributed by atoms with Crippen LogP contribution in [0.4, 0.5) is 0 Å². The van der Waals surface area contributed by atoms with Crippen LogP contribution < -0.4 is 0 Å². The average molecular weight is 280 g/mol. The quantitative estimate of drug-likeness (QED) is 0.582. The molecule has 1 heterocycles. The molecule has 1 N–H and O–H groups in total. The average Bonchev–Trinajstić information content (AvgIpc) is 2.91. The van der Waals surface area contributed by atoms with Crippen molar-refractivity contribution in [3.63, 3.8) is 0 Å². The molecule has 21 heavy (non-hydrogen) atoms. The number of aryl methyl sites for hydroxylation is 1. The highest BCUT2D eigenvalue weighted by Crippen LogP contribution is 2.32. The van der Waals surface area contributed by atoms with Gasteiger partial charge in [-0.05, 0) is 23.6 Å². The fourth-order valence-electron chi connectivity index (χ4n) is 2.83. The van der Waals surface area contributed by atoms with Crippen LogP contribution in [-0.4, -0.2) is 16.5 Å². The van der Waals surface area contributed by atoms with E-state index in [9.17, 15) is 10.1 Å². The minimum Gasteiger partial charge on any atom is -0.361 e. The zero-order chi connectivity index (χ0) is 14.8. The molecule has 4 heteroatoms. The Hall–Kier alpha value is -2.62. The molecule has 4 nitrogen and oxygen atoms in total. The second-order valence-corrected chi connectivity index (χ2v) is 5.22. The van der Waals surface area contributed by atoms with Crippen molar-refractivity contribution >= 4 is 10.9 Å². The molecule has 0 aliphatic rings. The van der Waals surface area contributed by atoms with Crippen LogP contribution in [0.1, 0.15) is 22.6 Å². The molecular weight excluding hydrogens is 264 g/mol. The molecule has 0 amide bonds. The zero-order valence-corrected chi connectivity index (χ0v) is 11.7. The van der Waals surface area contributed by atoms with E-state index in [1.165, 1.54) is 0 Å². The predicted octanol–water partition coefficient (Wildman–Crippen LogP) is 3.88. The Bertz CT molecular complexity index is 778. The number of nitro groups is 1. The zero-order valence-electron chi connectivity index (χ0n) is 11.7. The van der Waals surface area contributed by atoms with Crippen LogP contribution in [0.25, 0.3) is 10.9 Å². The van der Waals surface area contributed by atoms with Crippen molar-refractivity contribution in [2.75, 3.05) is 6.54 Å². The standard InChI is InChI=1S/C17H16N2O2/c1-12-6-5-9-14-15(10-18-17(12)14)16(11-19(20)21)13-7-3-2-4-8-13/h2-10,16,18H,11H2,1H3/t16-/m0/s1. The van der Waals surface area contributed by atoms with E-state index >= 15 is 0 Å². The highest BCUT2D eigenvalue weighted by atomic mass is 16.6. The number of nitrogens with one attached hydrogen (secondary N) is 1. The number of benzene rings is 2. The lowest BCUT2D eigenvalue weighted by atomic mass is 9.91. The Labute approximate surface area is 122 Å². The third-order valence-electron chi connectivity index (χ3n) is 3.86. The molecule has 0 radical (unpaired) electrons. The van der Waals surface area contributed by atoms with Crippen molar-refractivity contribution in [1.29, 1.82) is 0 Å². The van der Waals surface area contributed by atoms with Gasteiger partial charge in [0.05, 0.1) is 5.92 Å². The van der Waals surface area contributed by atoms with Crippen LogP contribution in [-0.2, 0) is 0 Å². The van der Waals surface area contributed by atoms with Gasteiger partial charge in [-0.3, -0.25) is 10.1 Å². The fourth-order valence-corrected chi connectivity index (χ4v) is 2.83. The second-order valence-electron chi connectivity index (χ2n) is 5.22. The molecule has 0 unspecified atom stereocenters. The minimum absolute atomic E-state index is 0.106. The lowest BCUT2D eigenvalue weighted by Crippen LogP contribution is -2.13. The number of hydrogen-bond donors (Lipinski definition) is 1. The monoisotopic (exact) mass is 280 g/mol. The van der Waals surface area contributed by atoms with Gasteiger partial charge in [0.15, 0.2) is 0 Å². The number of H-pyrrole nitrogens is 1. The van der Waals surface area contributed by atoms with E-state index in [4.69, 9.17) is 0 Å². The Balaban J connectivity index is 2.15.